The van der Waals surface area contributed by atoms with Gasteiger partial charge in [-0.05, 0) is 18.8 Å². The first kappa shape index (κ1) is 13.0. The molecule has 4 heteroatoms. The van der Waals surface area contributed by atoms with Gasteiger partial charge in [-0.1, -0.05) is 31.5 Å². The molecule has 1 saturated carbocycles. The molecular formula is C13H22N2OS. The van der Waals surface area contributed by atoms with Gasteiger partial charge in [-0.25, -0.2) is 4.98 Å². The summed E-state index contributed by atoms with van der Waals surface area (Å²) in [6, 6.07) is 0. The Balaban J connectivity index is 1.64. The molecule has 2 rings (SSSR count). The van der Waals surface area contributed by atoms with E-state index in [9.17, 15) is 0 Å². The van der Waals surface area contributed by atoms with E-state index in [0.717, 1.165) is 23.4 Å². The van der Waals surface area contributed by atoms with Crippen LogP contribution in [0.15, 0.2) is 17.6 Å². The molecular weight excluding hydrogens is 232 g/mol. The van der Waals surface area contributed by atoms with Gasteiger partial charge in [0.1, 0.15) is 0 Å². The van der Waals surface area contributed by atoms with Crippen molar-refractivity contribution in [1.29, 1.82) is 0 Å². The minimum absolute atomic E-state index is 0.491. The van der Waals surface area contributed by atoms with Gasteiger partial charge in [0, 0.05) is 25.2 Å². The van der Waals surface area contributed by atoms with E-state index < -0.39 is 0 Å². The van der Waals surface area contributed by atoms with Crippen LogP contribution in [-0.4, -0.2) is 28.0 Å². The summed E-state index contributed by atoms with van der Waals surface area (Å²) in [5.41, 5.74) is 0. The number of imidazole rings is 1. The minimum Gasteiger partial charge on any atom is -0.377 e. The molecule has 0 bridgehead atoms. The second kappa shape index (κ2) is 6.45. The number of thioether (sulfide) groups is 1. The monoisotopic (exact) mass is 254 g/mol. The maximum atomic E-state index is 5.98. The van der Waals surface area contributed by atoms with E-state index >= 15 is 0 Å². The van der Waals surface area contributed by atoms with E-state index in [0.29, 0.717) is 6.10 Å². The van der Waals surface area contributed by atoms with E-state index in [1.807, 2.05) is 24.0 Å². The van der Waals surface area contributed by atoms with Crippen molar-refractivity contribution in [1.82, 2.24) is 9.55 Å². The van der Waals surface area contributed by atoms with E-state index in [4.69, 9.17) is 4.74 Å². The molecule has 0 unspecified atom stereocenters. The number of aromatic nitrogens is 2. The van der Waals surface area contributed by atoms with Gasteiger partial charge in [0.05, 0.1) is 12.7 Å². The lowest BCUT2D eigenvalue weighted by Crippen LogP contribution is -2.26. The number of nitrogens with zero attached hydrogens (tertiary/aromatic N) is 2. The normalized spacial score (nSPS) is 25.1. The average Bonchev–Trinajstić information content (AvgIpc) is 2.73. The lowest BCUT2D eigenvalue weighted by molar-refractivity contribution is 0.00345. The van der Waals surface area contributed by atoms with Crippen molar-refractivity contribution in [2.24, 2.45) is 13.0 Å². The maximum absolute atomic E-state index is 5.98. The van der Waals surface area contributed by atoms with E-state index in [1.54, 1.807) is 11.8 Å². The minimum atomic E-state index is 0.491. The first-order valence-corrected chi connectivity index (χ1v) is 7.47. The summed E-state index contributed by atoms with van der Waals surface area (Å²) in [4.78, 5) is 4.29. The Morgan fingerprint density at radius 2 is 2.29 bits per heavy atom. The summed E-state index contributed by atoms with van der Waals surface area (Å²) < 4.78 is 8.02. The predicted molar refractivity (Wildman–Crippen MR) is 71.3 cm³/mol. The lowest BCUT2D eigenvalue weighted by atomic mass is 9.88. The Kier molecular flexibility index (Phi) is 4.92. The summed E-state index contributed by atoms with van der Waals surface area (Å²) in [5.74, 6) is 1.73. The SMILES string of the molecule is C[C@H]1CCCC[C@H]1OCCSc1nccn1C. The predicted octanol–water partition coefficient (Wildman–Crippen LogP) is 3.11. The molecule has 1 aliphatic rings. The molecule has 96 valence electrons. The van der Waals surface area contributed by atoms with Gasteiger partial charge in [-0.3, -0.25) is 0 Å². The van der Waals surface area contributed by atoms with Crippen molar-refractivity contribution in [3.05, 3.63) is 12.4 Å². The Morgan fingerprint density at radius 3 is 3.00 bits per heavy atom. The zero-order chi connectivity index (χ0) is 12.1. The maximum Gasteiger partial charge on any atom is 0.167 e. The van der Waals surface area contributed by atoms with E-state index in [2.05, 4.69) is 11.9 Å². The summed E-state index contributed by atoms with van der Waals surface area (Å²) >= 11 is 1.77. The number of hydrogen-bond donors (Lipinski definition) is 0. The average molecular weight is 254 g/mol. The highest BCUT2D eigenvalue weighted by Gasteiger charge is 2.21. The molecule has 1 aromatic rings. The molecule has 0 saturated heterocycles. The Bertz CT molecular complexity index is 340. The smallest absolute Gasteiger partial charge is 0.167 e. The third-order valence-corrected chi connectivity index (χ3v) is 4.48. The molecule has 0 aliphatic heterocycles. The first-order valence-electron chi connectivity index (χ1n) is 6.49. The Labute approximate surface area is 108 Å². The standard InChI is InChI=1S/C13H22N2OS/c1-11-5-3-4-6-12(11)16-9-10-17-13-14-7-8-15(13)2/h7-8,11-12H,3-6,9-10H2,1-2H3/t11-,12+/m0/s1. The second-order valence-electron chi connectivity index (χ2n) is 4.84. The third-order valence-electron chi connectivity index (χ3n) is 3.46. The topological polar surface area (TPSA) is 27.1 Å². The van der Waals surface area contributed by atoms with Gasteiger partial charge in [0.2, 0.25) is 0 Å². The second-order valence-corrected chi connectivity index (χ2v) is 5.90. The molecule has 0 amide bonds. The van der Waals surface area contributed by atoms with Crippen LogP contribution in [0.25, 0.3) is 0 Å². The van der Waals surface area contributed by atoms with Crippen LogP contribution in [-0.2, 0) is 11.8 Å². The zero-order valence-corrected chi connectivity index (χ0v) is 11.6. The highest BCUT2D eigenvalue weighted by Crippen LogP contribution is 2.26. The highest BCUT2D eigenvalue weighted by atomic mass is 32.2. The lowest BCUT2D eigenvalue weighted by Gasteiger charge is -2.28. The van der Waals surface area contributed by atoms with Gasteiger partial charge in [-0.15, -0.1) is 0 Å². The Morgan fingerprint density at radius 1 is 1.47 bits per heavy atom. The van der Waals surface area contributed by atoms with Crippen LogP contribution in [0, 0.1) is 5.92 Å². The van der Waals surface area contributed by atoms with Crippen LogP contribution in [0.5, 0.6) is 0 Å². The van der Waals surface area contributed by atoms with Crippen LogP contribution in [0.4, 0.5) is 0 Å². The van der Waals surface area contributed by atoms with Crippen molar-refractivity contribution >= 4 is 11.8 Å². The van der Waals surface area contributed by atoms with Crippen LogP contribution >= 0.6 is 11.8 Å². The van der Waals surface area contributed by atoms with Crippen molar-refractivity contribution < 1.29 is 4.74 Å². The van der Waals surface area contributed by atoms with Gasteiger partial charge in [-0.2, -0.15) is 0 Å². The van der Waals surface area contributed by atoms with Crippen molar-refractivity contribution in [2.75, 3.05) is 12.4 Å². The fourth-order valence-corrected chi connectivity index (χ4v) is 3.12. The van der Waals surface area contributed by atoms with Crippen molar-refractivity contribution in [2.45, 2.75) is 43.9 Å². The summed E-state index contributed by atoms with van der Waals surface area (Å²) in [5, 5.41) is 1.07. The molecule has 3 nitrogen and oxygen atoms in total. The molecule has 1 heterocycles. The molecule has 2 atom stereocenters. The summed E-state index contributed by atoms with van der Waals surface area (Å²) in [6.07, 6.45) is 9.60. The fraction of sp³-hybridized carbons (Fsp3) is 0.769. The highest BCUT2D eigenvalue weighted by molar-refractivity contribution is 7.99. The van der Waals surface area contributed by atoms with Crippen LogP contribution in [0.2, 0.25) is 0 Å². The largest absolute Gasteiger partial charge is 0.377 e. The molecule has 1 aliphatic carbocycles. The zero-order valence-electron chi connectivity index (χ0n) is 10.8. The summed E-state index contributed by atoms with van der Waals surface area (Å²) in [6.45, 7) is 3.16. The molecule has 0 spiro atoms. The number of hydrogen-bond acceptors (Lipinski definition) is 3. The molecule has 0 N–H and O–H groups in total. The quantitative estimate of drug-likeness (QED) is 0.597. The molecule has 0 aromatic carbocycles. The van der Waals surface area contributed by atoms with Crippen LogP contribution < -0.4 is 0 Å². The van der Waals surface area contributed by atoms with Crippen LogP contribution in [0.3, 0.4) is 0 Å². The molecule has 17 heavy (non-hydrogen) atoms. The first-order chi connectivity index (χ1) is 8.27. The van der Waals surface area contributed by atoms with E-state index in [1.165, 1.54) is 25.7 Å². The summed E-state index contributed by atoms with van der Waals surface area (Å²) in [7, 11) is 2.03. The number of rotatable bonds is 5. The van der Waals surface area contributed by atoms with Gasteiger partial charge in [0.15, 0.2) is 5.16 Å². The van der Waals surface area contributed by atoms with Crippen LogP contribution in [0.1, 0.15) is 32.6 Å². The van der Waals surface area contributed by atoms with Gasteiger partial charge in [0.25, 0.3) is 0 Å². The van der Waals surface area contributed by atoms with Gasteiger partial charge < -0.3 is 9.30 Å². The third kappa shape index (κ3) is 3.75. The number of ether oxygens (including phenoxy) is 1. The van der Waals surface area contributed by atoms with Gasteiger partial charge >= 0.3 is 0 Å². The molecule has 0 radical (unpaired) electrons. The van der Waals surface area contributed by atoms with E-state index in [-0.39, 0.29) is 0 Å². The number of aryl methyl sites for hydroxylation is 1. The van der Waals surface area contributed by atoms with Crippen molar-refractivity contribution in [3.8, 4) is 0 Å². The fourth-order valence-electron chi connectivity index (χ4n) is 2.35. The van der Waals surface area contributed by atoms with Crippen molar-refractivity contribution in [3.63, 3.8) is 0 Å². The molecule has 1 fully saturated rings. The molecule has 1 aromatic heterocycles. The Hall–Kier alpha value is -0.480.